The molecule has 23 heavy (non-hydrogen) atoms. The Bertz CT molecular complexity index is 788. The molecule has 0 radical (unpaired) electrons. The molecule has 0 saturated carbocycles. The molecule has 0 spiro atoms. The molecule has 0 amide bonds. The summed E-state index contributed by atoms with van der Waals surface area (Å²) in [7, 11) is 0. The van der Waals surface area contributed by atoms with Crippen LogP contribution in [-0.4, -0.2) is 9.97 Å². The monoisotopic (exact) mass is 306 g/mol. The van der Waals surface area contributed by atoms with Gasteiger partial charge in [0.25, 0.3) is 0 Å². The highest BCUT2D eigenvalue weighted by Gasteiger charge is 2.09. The van der Waals surface area contributed by atoms with E-state index in [1.165, 1.54) is 6.33 Å². The van der Waals surface area contributed by atoms with E-state index in [2.05, 4.69) is 26.1 Å². The van der Waals surface area contributed by atoms with Gasteiger partial charge in [0.2, 0.25) is 0 Å². The van der Waals surface area contributed by atoms with Crippen molar-refractivity contribution in [3.8, 4) is 0 Å². The molecule has 3 aromatic rings. The van der Waals surface area contributed by atoms with Gasteiger partial charge in [-0.05, 0) is 30.7 Å². The maximum absolute atomic E-state index is 6.16. The Hall–Kier alpha value is -3.28. The fraction of sp³-hybridized carbons (Fsp3) is 0.0588. The van der Waals surface area contributed by atoms with Crippen molar-refractivity contribution in [2.45, 2.75) is 6.92 Å². The average molecular weight is 306 g/mol. The Balaban J connectivity index is 1.77. The van der Waals surface area contributed by atoms with Gasteiger partial charge in [-0.1, -0.05) is 36.4 Å². The summed E-state index contributed by atoms with van der Waals surface area (Å²) in [6, 6.07) is 17.7. The lowest BCUT2D eigenvalue weighted by atomic mass is 10.2. The van der Waals surface area contributed by atoms with Crippen molar-refractivity contribution in [2.75, 3.05) is 21.9 Å². The standard InChI is InChI=1S/C17H18N6/c1-12-7-5-6-10-14(12)21-16-15(18)17(20-11-19-16)23-22-13-8-3-2-4-9-13/h2-11,22H,18H2,1H3,(H2,19,20,21,23). The SMILES string of the molecule is Cc1ccccc1Nc1ncnc(NNc2ccccc2)c1N. The average Bonchev–Trinajstić information content (AvgIpc) is 2.58. The number of anilines is 5. The van der Waals surface area contributed by atoms with Gasteiger partial charge in [-0.3, -0.25) is 10.9 Å². The van der Waals surface area contributed by atoms with E-state index >= 15 is 0 Å². The van der Waals surface area contributed by atoms with E-state index in [9.17, 15) is 0 Å². The highest BCUT2D eigenvalue weighted by Crippen LogP contribution is 2.27. The van der Waals surface area contributed by atoms with Crippen LogP contribution < -0.4 is 21.9 Å². The van der Waals surface area contributed by atoms with Gasteiger partial charge in [-0.2, -0.15) is 0 Å². The van der Waals surface area contributed by atoms with Gasteiger partial charge in [0.15, 0.2) is 11.6 Å². The minimum atomic E-state index is 0.444. The largest absolute Gasteiger partial charge is 0.393 e. The molecule has 0 bridgehead atoms. The van der Waals surface area contributed by atoms with Gasteiger partial charge in [0, 0.05) is 5.69 Å². The highest BCUT2D eigenvalue weighted by molar-refractivity contribution is 5.78. The number of benzene rings is 2. The molecule has 0 unspecified atom stereocenters. The number of para-hydroxylation sites is 2. The molecule has 6 nitrogen and oxygen atoms in total. The third-order valence-electron chi connectivity index (χ3n) is 3.38. The molecule has 116 valence electrons. The van der Waals surface area contributed by atoms with E-state index in [0.29, 0.717) is 17.3 Å². The first-order chi connectivity index (χ1) is 11.2. The molecule has 6 heteroatoms. The van der Waals surface area contributed by atoms with Crippen LogP contribution in [0.3, 0.4) is 0 Å². The Morgan fingerprint density at radius 3 is 2.30 bits per heavy atom. The number of nitrogen functional groups attached to an aromatic ring is 1. The quantitative estimate of drug-likeness (QED) is 0.539. The third-order valence-corrected chi connectivity index (χ3v) is 3.38. The summed E-state index contributed by atoms with van der Waals surface area (Å²) in [6.45, 7) is 2.02. The summed E-state index contributed by atoms with van der Waals surface area (Å²) in [5, 5.41) is 3.24. The topological polar surface area (TPSA) is 87.9 Å². The second kappa shape index (κ2) is 6.65. The summed E-state index contributed by atoms with van der Waals surface area (Å²) in [5.41, 5.74) is 15.6. The molecule has 3 rings (SSSR count). The van der Waals surface area contributed by atoms with Gasteiger partial charge in [-0.15, -0.1) is 0 Å². The Morgan fingerprint density at radius 2 is 1.52 bits per heavy atom. The maximum Gasteiger partial charge on any atom is 0.173 e. The van der Waals surface area contributed by atoms with Crippen molar-refractivity contribution >= 4 is 28.7 Å². The number of aromatic nitrogens is 2. The second-order valence-corrected chi connectivity index (χ2v) is 5.04. The molecule has 0 aliphatic carbocycles. The number of hydrogen-bond donors (Lipinski definition) is 4. The van der Waals surface area contributed by atoms with Gasteiger partial charge in [0.05, 0.1) is 5.69 Å². The molecule has 5 N–H and O–H groups in total. The third kappa shape index (κ3) is 3.49. The fourth-order valence-electron chi connectivity index (χ4n) is 2.09. The van der Waals surface area contributed by atoms with Crippen LogP contribution in [0.2, 0.25) is 0 Å². The normalized spacial score (nSPS) is 10.1. The van der Waals surface area contributed by atoms with E-state index < -0.39 is 0 Å². The number of nitrogens with zero attached hydrogens (tertiary/aromatic N) is 2. The molecule has 0 saturated heterocycles. The summed E-state index contributed by atoms with van der Waals surface area (Å²) >= 11 is 0. The van der Waals surface area contributed by atoms with Crippen LogP contribution in [0.1, 0.15) is 5.56 Å². The van der Waals surface area contributed by atoms with Gasteiger partial charge in [0.1, 0.15) is 12.0 Å². The number of rotatable bonds is 5. The molecule has 1 heterocycles. The molecular formula is C17H18N6. The van der Waals surface area contributed by atoms with Crippen LogP contribution in [0.15, 0.2) is 60.9 Å². The zero-order valence-electron chi connectivity index (χ0n) is 12.7. The Kier molecular flexibility index (Phi) is 4.24. The first kappa shape index (κ1) is 14.6. The van der Waals surface area contributed by atoms with E-state index in [1.54, 1.807) is 0 Å². The number of nitrogens with two attached hydrogens (primary N) is 1. The summed E-state index contributed by atoms with van der Waals surface area (Å²) < 4.78 is 0. The van der Waals surface area contributed by atoms with Gasteiger partial charge < -0.3 is 11.1 Å². The molecule has 0 fully saturated rings. The first-order valence-corrected chi connectivity index (χ1v) is 7.24. The van der Waals surface area contributed by atoms with E-state index in [0.717, 1.165) is 16.9 Å². The minimum Gasteiger partial charge on any atom is -0.393 e. The molecule has 1 aromatic heterocycles. The number of aryl methyl sites for hydroxylation is 1. The van der Waals surface area contributed by atoms with Crippen LogP contribution in [0.5, 0.6) is 0 Å². The Morgan fingerprint density at radius 1 is 0.826 bits per heavy atom. The zero-order valence-corrected chi connectivity index (χ0v) is 12.7. The van der Waals surface area contributed by atoms with E-state index in [-0.39, 0.29) is 0 Å². The number of hydrazine groups is 1. The highest BCUT2D eigenvalue weighted by atomic mass is 15.4. The van der Waals surface area contributed by atoms with E-state index in [4.69, 9.17) is 5.73 Å². The van der Waals surface area contributed by atoms with Crippen molar-refractivity contribution in [1.82, 2.24) is 9.97 Å². The van der Waals surface area contributed by atoms with Crippen molar-refractivity contribution in [1.29, 1.82) is 0 Å². The zero-order chi connectivity index (χ0) is 16.1. The van der Waals surface area contributed by atoms with Crippen LogP contribution in [0, 0.1) is 6.92 Å². The lowest BCUT2D eigenvalue weighted by Crippen LogP contribution is -2.13. The van der Waals surface area contributed by atoms with E-state index in [1.807, 2.05) is 61.5 Å². The molecule has 2 aromatic carbocycles. The van der Waals surface area contributed by atoms with Gasteiger partial charge >= 0.3 is 0 Å². The second-order valence-electron chi connectivity index (χ2n) is 5.04. The van der Waals surface area contributed by atoms with Crippen molar-refractivity contribution in [3.05, 3.63) is 66.5 Å². The summed E-state index contributed by atoms with van der Waals surface area (Å²) in [5.74, 6) is 1.08. The van der Waals surface area contributed by atoms with Crippen LogP contribution in [0.25, 0.3) is 0 Å². The first-order valence-electron chi connectivity index (χ1n) is 7.24. The summed E-state index contributed by atoms with van der Waals surface area (Å²) in [6.07, 6.45) is 1.46. The maximum atomic E-state index is 6.16. The lowest BCUT2D eigenvalue weighted by molar-refractivity contribution is 1.16. The molecule has 0 aliphatic rings. The Labute approximate surface area is 134 Å². The number of nitrogens with one attached hydrogen (secondary N) is 3. The minimum absolute atomic E-state index is 0.444. The van der Waals surface area contributed by atoms with Crippen LogP contribution >= 0.6 is 0 Å². The lowest BCUT2D eigenvalue weighted by Gasteiger charge is -2.14. The van der Waals surface area contributed by atoms with Crippen molar-refractivity contribution < 1.29 is 0 Å². The predicted octanol–water partition coefficient (Wildman–Crippen LogP) is 3.55. The van der Waals surface area contributed by atoms with Crippen LogP contribution in [-0.2, 0) is 0 Å². The molecular weight excluding hydrogens is 288 g/mol. The summed E-state index contributed by atoms with van der Waals surface area (Å²) in [4.78, 5) is 8.38. The van der Waals surface area contributed by atoms with Crippen molar-refractivity contribution in [3.63, 3.8) is 0 Å². The number of hydrogen-bond acceptors (Lipinski definition) is 6. The molecule has 0 aliphatic heterocycles. The predicted molar refractivity (Wildman–Crippen MR) is 94.6 cm³/mol. The smallest absolute Gasteiger partial charge is 0.173 e. The van der Waals surface area contributed by atoms with Crippen LogP contribution in [0.4, 0.5) is 28.7 Å². The van der Waals surface area contributed by atoms with Crippen molar-refractivity contribution in [2.24, 2.45) is 0 Å². The fourth-order valence-corrected chi connectivity index (χ4v) is 2.09. The van der Waals surface area contributed by atoms with Gasteiger partial charge in [-0.25, -0.2) is 9.97 Å². The molecule has 0 atom stereocenters.